The Balaban J connectivity index is 2.11. The maximum absolute atomic E-state index is 10.0. The minimum atomic E-state index is -1.67. The Morgan fingerprint density at radius 1 is 0.783 bits per heavy atom. The van der Waals surface area contributed by atoms with E-state index in [4.69, 9.17) is 14.6 Å². The van der Waals surface area contributed by atoms with Gasteiger partial charge in [0.15, 0.2) is 6.29 Å². The maximum Gasteiger partial charge on any atom is 0.187 e. The third kappa shape index (κ3) is 3.80. The van der Waals surface area contributed by atoms with Crippen LogP contribution in [0.1, 0.15) is 0 Å². The van der Waals surface area contributed by atoms with Crippen molar-refractivity contribution in [2.45, 2.75) is 59.7 Å². The summed E-state index contributed by atoms with van der Waals surface area (Å²) in [6.45, 7) is -1.13. The standard InChI is InChI=1S/C12H22O10S/c13-1-3-5(15)6(16)9(19)12(21-3)22-10-4(2-14)23-11(20)8(18)7(10)17/h3-20H,1-2H2/t3-,4-,5-,6-,7+,8-,9-,10+,11+,12-/m0/s1. The molecule has 2 heterocycles. The molecule has 0 radical (unpaired) electrons. The summed E-state index contributed by atoms with van der Waals surface area (Å²) in [6.07, 6.45) is -11.9. The van der Waals surface area contributed by atoms with E-state index in [9.17, 15) is 35.7 Å². The van der Waals surface area contributed by atoms with E-state index in [1.807, 2.05) is 0 Å². The summed E-state index contributed by atoms with van der Waals surface area (Å²) in [7, 11) is 0. The van der Waals surface area contributed by atoms with E-state index < -0.39 is 72.9 Å². The number of aliphatic hydroxyl groups excluding tert-OH is 8. The summed E-state index contributed by atoms with van der Waals surface area (Å²) >= 11 is 0.776. The SMILES string of the molecule is OC[C@@H]1O[C@@H](O[C@H]2[C@H](O)[C@H](O)[C@H](O)S[C@H]2CO)[C@@H](O)[C@@H](O)[C@H]1O. The maximum atomic E-state index is 10.0. The first-order valence-electron chi connectivity index (χ1n) is 7.08. The molecule has 2 aliphatic rings. The van der Waals surface area contributed by atoms with Crippen LogP contribution >= 0.6 is 11.8 Å². The molecule has 8 N–H and O–H groups in total. The van der Waals surface area contributed by atoms with Gasteiger partial charge in [0.05, 0.1) is 18.5 Å². The van der Waals surface area contributed by atoms with Gasteiger partial charge in [-0.15, -0.1) is 11.8 Å². The molecule has 2 rings (SSSR count). The molecule has 23 heavy (non-hydrogen) atoms. The van der Waals surface area contributed by atoms with Crippen molar-refractivity contribution in [2.24, 2.45) is 0 Å². The van der Waals surface area contributed by atoms with Gasteiger partial charge >= 0.3 is 0 Å². The zero-order valence-corrected chi connectivity index (χ0v) is 12.8. The molecule has 11 heteroatoms. The molecule has 10 nitrogen and oxygen atoms in total. The summed E-state index contributed by atoms with van der Waals surface area (Å²) in [5, 5.41) is 76.2. The van der Waals surface area contributed by atoms with Gasteiger partial charge in [-0.25, -0.2) is 0 Å². The lowest BCUT2D eigenvalue weighted by molar-refractivity contribution is -0.320. The lowest BCUT2D eigenvalue weighted by Crippen LogP contribution is -2.62. The van der Waals surface area contributed by atoms with Crippen LogP contribution in [-0.4, -0.2) is 114 Å². The lowest BCUT2D eigenvalue weighted by Gasteiger charge is -2.45. The fourth-order valence-electron chi connectivity index (χ4n) is 2.57. The van der Waals surface area contributed by atoms with Gasteiger partial charge in [0.1, 0.15) is 48.2 Å². The first kappa shape index (κ1) is 19.3. The summed E-state index contributed by atoms with van der Waals surface area (Å²) < 4.78 is 10.5. The van der Waals surface area contributed by atoms with Crippen LogP contribution in [0.15, 0.2) is 0 Å². The monoisotopic (exact) mass is 358 g/mol. The Bertz CT molecular complexity index is 383. The van der Waals surface area contributed by atoms with E-state index in [1.54, 1.807) is 0 Å². The first-order chi connectivity index (χ1) is 10.8. The first-order valence-corrected chi connectivity index (χ1v) is 8.02. The van der Waals surface area contributed by atoms with Gasteiger partial charge in [-0.1, -0.05) is 0 Å². The van der Waals surface area contributed by atoms with Crippen LogP contribution in [0.25, 0.3) is 0 Å². The van der Waals surface area contributed by atoms with Crippen LogP contribution in [0, 0.1) is 0 Å². The van der Waals surface area contributed by atoms with Crippen molar-refractivity contribution in [1.82, 2.24) is 0 Å². The highest BCUT2D eigenvalue weighted by atomic mass is 32.2. The smallest absolute Gasteiger partial charge is 0.187 e. The van der Waals surface area contributed by atoms with Crippen molar-refractivity contribution in [3.63, 3.8) is 0 Å². The molecule has 0 unspecified atom stereocenters. The largest absolute Gasteiger partial charge is 0.395 e. The van der Waals surface area contributed by atoms with Gasteiger partial charge in [0, 0.05) is 0 Å². The zero-order chi connectivity index (χ0) is 17.3. The second-order valence-corrected chi connectivity index (χ2v) is 6.89. The van der Waals surface area contributed by atoms with Crippen LogP contribution < -0.4 is 0 Å². The normalized spacial score (nSPS) is 51.7. The van der Waals surface area contributed by atoms with E-state index in [0.717, 1.165) is 11.8 Å². The molecule has 10 atom stereocenters. The Morgan fingerprint density at radius 3 is 2.00 bits per heavy atom. The van der Waals surface area contributed by atoms with E-state index in [2.05, 4.69) is 0 Å². The third-order valence-corrected chi connectivity index (χ3v) is 5.30. The van der Waals surface area contributed by atoms with Gasteiger partial charge in [-0.2, -0.15) is 0 Å². The van der Waals surface area contributed by atoms with Gasteiger partial charge in [-0.3, -0.25) is 0 Å². The van der Waals surface area contributed by atoms with Crippen LogP contribution in [0.2, 0.25) is 0 Å². The Hall–Kier alpha value is -0.0500. The molecule has 136 valence electrons. The summed E-state index contributed by atoms with van der Waals surface area (Å²) in [5.41, 5.74) is -1.32. The highest BCUT2D eigenvalue weighted by Gasteiger charge is 2.49. The van der Waals surface area contributed by atoms with Crippen molar-refractivity contribution >= 4 is 11.8 Å². The minimum absolute atomic E-state index is 0.492. The van der Waals surface area contributed by atoms with Gasteiger partial charge in [0.2, 0.25) is 0 Å². The van der Waals surface area contributed by atoms with Crippen molar-refractivity contribution in [3.05, 3.63) is 0 Å². The van der Waals surface area contributed by atoms with E-state index in [0.29, 0.717) is 0 Å². The average Bonchev–Trinajstić information content (AvgIpc) is 2.55. The average molecular weight is 358 g/mol. The third-order valence-electron chi connectivity index (χ3n) is 3.98. The zero-order valence-electron chi connectivity index (χ0n) is 12.0. The Morgan fingerprint density at radius 2 is 1.43 bits per heavy atom. The molecule has 0 aromatic rings. The molecular weight excluding hydrogens is 336 g/mol. The van der Waals surface area contributed by atoms with Crippen molar-refractivity contribution in [3.8, 4) is 0 Å². The minimum Gasteiger partial charge on any atom is -0.395 e. The molecule has 2 fully saturated rings. The number of ether oxygens (including phenoxy) is 2. The highest BCUT2D eigenvalue weighted by Crippen LogP contribution is 2.35. The number of rotatable bonds is 4. The molecule has 2 saturated heterocycles. The predicted molar refractivity (Wildman–Crippen MR) is 75.1 cm³/mol. The fraction of sp³-hybridized carbons (Fsp3) is 1.00. The molecule has 0 saturated carbocycles. The quantitative estimate of drug-likeness (QED) is 0.242. The molecule has 0 aliphatic carbocycles. The Labute approximate surface area is 135 Å². The topological polar surface area (TPSA) is 180 Å². The molecular formula is C12H22O10S. The number of hydrogen-bond donors (Lipinski definition) is 8. The molecule has 0 amide bonds. The van der Waals surface area contributed by atoms with Crippen LogP contribution in [0.4, 0.5) is 0 Å². The second kappa shape index (κ2) is 7.89. The van der Waals surface area contributed by atoms with Gasteiger partial charge < -0.3 is 50.3 Å². The number of aliphatic hydroxyl groups is 8. The van der Waals surface area contributed by atoms with Crippen LogP contribution in [0.3, 0.4) is 0 Å². The molecule has 2 aliphatic heterocycles. The molecule has 0 aromatic heterocycles. The Kier molecular flexibility index (Phi) is 6.61. The lowest BCUT2D eigenvalue weighted by atomic mass is 9.98. The molecule has 0 spiro atoms. The van der Waals surface area contributed by atoms with Crippen molar-refractivity contribution in [1.29, 1.82) is 0 Å². The molecule has 0 aromatic carbocycles. The molecule has 0 bridgehead atoms. The van der Waals surface area contributed by atoms with Crippen molar-refractivity contribution in [2.75, 3.05) is 13.2 Å². The van der Waals surface area contributed by atoms with Crippen LogP contribution in [0.5, 0.6) is 0 Å². The van der Waals surface area contributed by atoms with Crippen LogP contribution in [-0.2, 0) is 9.47 Å². The summed E-state index contributed by atoms with van der Waals surface area (Å²) in [5.74, 6) is 0. The van der Waals surface area contributed by atoms with E-state index >= 15 is 0 Å². The van der Waals surface area contributed by atoms with E-state index in [1.165, 1.54) is 0 Å². The van der Waals surface area contributed by atoms with Gasteiger partial charge in [-0.05, 0) is 0 Å². The fourth-order valence-corrected chi connectivity index (χ4v) is 3.72. The predicted octanol–water partition coefficient (Wildman–Crippen LogP) is -4.68. The number of hydrogen-bond acceptors (Lipinski definition) is 11. The van der Waals surface area contributed by atoms with Crippen molar-refractivity contribution < 1.29 is 50.3 Å². The summed E-state index contributed by atoms with van der Waals surface area (Å²) in [4.78, 5) is 0. The second-order valence-electron chi connectivity index (χ2n) is 5.53. The highest BCUT2D eigenvalue weighted by molar-refractivity contribution is 8.00. The van der Waals surface area contributed by atoms with E-state index in [-0.39, 0.29) is 0 Å². The number of thioether (sulfide) groups is 1. The summed E-state index contributed by atoms with van der Waals surface area (Å²) in [6, 6.07) is 0. The van der Waals surface area contributed by atoms with Gasteiger partial charge in [0.25, 0.3) is 0 Å².